The van der Waals surface area contributed by atoms with Gasteiger partial charge in [0.1, 0.15) is 17.3 Å². The molecule has 0 aliphatic heterocycles. The van der Waals surface area contributed by atoms with Gasteiger partial charge in [-0.25, -0.2) is 9.97 Å². The number of nitrogens with zero attached hydrogens (tertiary/aromatic N) is 4. The Bertz CT molecular complexity index is 1170. The van der Waals surface area contributed by atoms with Gasteiger partial charge in [0.05, 0.1) is 16.6 Å². The van der Waals surface area contributed by atoms with Gasteiger partial charge in [-0.05, 0) is 41.2 Å². The molecule has 0 fully saturated rings. The Balaban J connectivity index is 1.67. The van der Waals surface area contributed by atoms with E-state index in [1.165, 1.54) is 0 Å². The van der Waals surface area contributed by atoms with Crippen LogP contribution < -0.4 is 0 Å². The lowest BCUT2D eigenvalue weighted by molar-refractivity contribution is 0.462. The first kappa shape index (κ1) is 18.1. The van der Waals surface area contributed by atoms with Crippen molar-refractivity contribution < 1.29 is 10.2 Å². The van der Waals surface area contributed by atoms with Gasteiger partial charge in [0, 0.05) is 36.5 Å². The molecule has 1 atom stereocenters. The van der Waals surface area contributed by atoms with Crippen LogP contribution in [0.2, 0.25) is 0 Å². The molecule has 2 aromatic heterocycles. The van der Waals surface area contributed by atoms with E-state index in [-0.39, 0.29) is 23.3 Å². The molecule has 2 heterocycles. The number of benzene rings is 2. The van der Waals surface area contributed by atoms with Crippen LogP contribution in [0, 0.1) is 0 Å². The van der Waals surface area contributed by atoms with Crippen molar-refractivity contribution in [3.05, 3.63) is 59.8 Å². The average molecular weight is 374 g/mol. The molecule has 2 aromatic carbocycles. The van der Waals surface area contributed by atoms with Crippen LogP contribution in [-0.4, -0.2) is 30.1 Å². The van der Waals surface area contributed by atoms with Crippen LogP contribution in [0.5, 0.6) is 11.5 Å². The summed E-state index contributed by atoms with van der Waals surface area (Å²) in [5, 5.41) is 21.4. The number of aromatic hydroxyl groups is 2. The Morgan fingerprint density at radius 2 is 1.43 bits per heavy atom. The standard InChI is InChI=1S/C22H22N4O2/c1-12(2)15-8-17-14(7-20(15)27)11-25-22(26-17)6-13(3)16-9-18-19(10-21(16)28)24-5-4-23-18/h4-5,7-13,27-28H,6H2,1-3H3. The normalized spacial score (nSPS) is 12.7. The second-order valence-electron chi connectivity index (χ2n) is 7.47. The van der Waals surface area contributed by atoms with Gasteiger partial charge in [-0.15, -0.1) is 0 Å². The zero-order chi connectivity index (χ0) is 19.8. The first-order chi connectivity index (χ1) is 13.4. The molecule has 0 aliphatic carbocycles. The predicted octanol–water partition coefficient (Wildman–Crippen LogP) is 4.45. The van der Waals surface area contributed by atoms with E-state index in [9.17, 15) is 10.2 Å². The van der Waals surface area contributed by atoms with Gasteiger partial charge in [-0.3, -0.25) is 9.97 Å². The fourth-order valence-electron chi connectivity index (χ4n) is 3.48. The van der Waals surface area contributed by atoms with Crippen molar-refractivity contribution in [3.8, 4) is 11.5 Å². The minimum atomic E-state index is 0.00513. The molecule has 1 unspecified atom stereocenters. The maximum atomic E-state index is 10.4. The molecule has 0 radical (unpaired) electrons. The Labute approximate surface area is 163 Å². The Kier molecular flexibility index (Phi) is 4.55. The van der Waals surface area contributed by atoms with Gasteiger partial charge >= 0.3 is 0 Å². The first-order valence-corrected chi connectivity index (χ1v) is 9.34. The summed E-state index contributed by atoms with van der Waals surface area (Å²) in [6.07, 6.45) is 5.56. The van der Waals surface area contributed by atoms with Crippen molar-refractivity contribution in [1.82, 2.24) is 19.9 Å². The zero-order valence-electron chi connectivity index (χ0n) is 16.1. The molecule has 142 valence electrons. The third-order valence-corrected chi connectivity index (χ3v) is 5.04. The molecule has 6 nitrogen and oxygen atoms in total. The third-order valence-electron chi connectivity index (χ3n) is 5.04. The minimum absolute atomic E-state index is 0.00513. The number of hydrogen-bond donors (Lipinski definition) is 2. The average Bonchev–Trinajstić information content (AvgIpc) is 2.66. The molecule has 2 N–H and O–H groups in total. The van der Waals surface area contributed by atoms with Gasteiger partial charge in [-0.1, -0.05) is 20.8 Å². The van der Waals surface area contributed by atoms with Crippen LogP contribution in [0.1, 0.15) is 49.6 Å². The monoisotopic (exact) mass is 374 g/mol. The predicted molar refractivity (Wildman–Crippen MR) is 109 cm³/mol. The molecule has 0 saturated carbocycles. The highest BCUT2D eigenvalue weighted by atomic mass is 16.3. The summed E-state index contributed by atoms with van der Waals surface area (Å²) < 4.78 is 0. The van der Waals surface area contributed by atoms with Gasteiger partial charge in [0.15, 0.2) is 0 Å². The smallest absolute Gasteiger partial charge is 0.129 e. The number of hydrogen-bond acceptors (Lipinski definition) is 6. The first-order valence-electron chi connectivity index (χ1n) is 9.34. The van der Waals surface area contributed by atoms with Crippen LogP contribution in [0.4, 0.5) is 0 Å². The van der Waals surface area contributed by atoms with E-state index in [4.69, 9.17) is 0 Å². The topological polar surface area (TPSA) is 92.0 Å². The van der Waals surface area contributed by atoms with Crippen molar-refractivity contribution in [2.45, 2.75) is 39.0 Å². The molecule has 0 bridgehead atoms. The Hall–Kier alpha value is -3.28. The van der Waals surface area contributed by atoms with Crippen molar-refractivity contribution in [1.29, 1.82) is 0 Å². The lowest BCUT2D eigenvalue weighted by Gasteiger charge is -2.14. The van der Waals surface area contributed by atoms with Crippen LogP contribution in [-0.2, 0) is 6.42 Å². The van der Waals surface area contributed by atoms with Crippen molar-refractivity contribution >= 4 is 21.9 Å². The SMILES string of the molecule is CC(C)c1cc2nc(CC(C)c3cc4nccnc4cc3O)ncc2cc1O. The summed E-state index contributed by atoms with van der Waals surface area (Å²) in [5.74, 6) is 1.38. The maximum absolute atomic E-state index is 10.4. The van der Waals surface area contributed by atoms with E-state index in [0.717, 1.165) is 27.5 Å². The van der Waals surface area contributed by atoms with Crippen LogP contribution in [0.25, 0.3) is 21.9 Å². The highest BCUT2D eigenvalue weighted by molar-refractivity contribution is 5.81. The van der Waals surface area contributed by atoms with Crippen molar-refractivity contribution in [3.63, 3.8) is 0 Å². The quantitative estimate of drug-likeness (QED) is 0.548. The highest BCUT2D eigenvalue weighted by Gasteiger charge is 2.16. The fourth-order valence-corrected chi connectivity index (χ4v) is 3.48. The van der Waals surface area contributed by atoms with Crippen molar-refractivity contribution in [2.75, 3.05) is 0 Å². The van der Waals surface area contributed by atoms with Gasteiger partial charge < -0.3 is 10.2 Å². The van der Waals surface area contributed by atoms with Gasteiger partial charge in [-0.2, -0.15) is 0 Å². The van der Waals surface area contributed by atoms with E-state index in [2.05, 4.69) is 19.9 Å². The number of fused-ring (bicyclic) bond motifs is 2. The van der Waals surface area contributed by atoms with E-state index < -0.39 is 0 Å². The molecule has 4 aromatic rings. The van der Waals surface area contributed by atoms with E-state index >= 15 is 0 Å². The number of phenols is 2. The molecule has 0 spiro atoms. The number of aromatic nitrogens is 4. The molecule has 4 rings (SSSR count). The second-order valence-corrected chi connectivity index (χ2v) is 7.47. The molecule has 28 heavy (non-hydrogen) atoms. The summed E-state index contributed by atoms with van der Waals surface area (Å²) in [6, 6.07) is 7.16. The van der Waals surface area contributed by atoms with Crippen LogP contribution >= 0.6 is 0 Å². The Morgan fingerprint density at radius 1 is 0.786 bits per heavy atom. The molecule has 6 heteroatoms. The van der Waals surface area contributed by atoms with Gasteiger partial charge in [0.2, 0.25) is 0 Å². The number of rotatable bonds is 4. The van der Waals surface area contributed by atoms with Crippen LogP contribution in [0.15, 0.2) is 42.9 Å². The van der Waals surface area contributed by atoms with E-state index in [1.54, 1.807) is 30.7 Å². The zero-order valence-corrected chi connectivity index (χ0v) is 16.1. The summed E-state index contributed by atoms with van der Waals surface area (Å²) in [4.78, 5) is 17.7. The summed E-state index contributed by atoms with van der Waals surface area (Å²) in [6.45, 7) is 6.11. The molecular formula is C22H22N4O2. The fraction of sp³-hybridized carbons (Fsp3) is 0.273. The summed E-state index contributed by atoms with van der Waals surface area (Å²) >= 11 is 0. The molecule has 0 amide bonds. The molecule has 0 saturated heterocycles. The third kappa shape index (κ3) is 3.33. The maximum Gasteiger partial charge on any atom is 0.129 e. The second kappa shape index (κ2) is 7.03. The minimum Gasteiger partial charge on any atom is -0.508 e. The largest absolute Gasteiger partial charge is 0.508 e. The lowest BCUT2D eigenvalue weighted by Crippen LogP contribution is -2.04. The summed E-state index contributed by atoms with van der Waals surface area (Å²) in [7, 11) is 0. The summed E-state index contributed by atoms with van der Waals surface area (Å²) in [5.41, 5.74) is 3.89. The molecule has 0 aliphatic rings. The Morgan fingerprint density at radius 3 is 2.14 bits per heavy atom. The van der Waals surface area contributed by atoms with E-state index in [1.807, 2.05) is 32.9 Å². The highest BCUT2D eigenvalue weighted by Crippen LogP contribution is 2.32. The molecular weight excluding hydrogens is 352 g/mol. The van der Waals surface area contributed by atoms with Crippen molar-refractivity contribution in [2.24, 2.45) is 0 Å². The number of phenolic OH excluding ortho intramolecular Hbond substituents is 2. The van der Waals surface area contributed by atoms with Gasteiger partial charge in [0.25, 0.3) is 0 Å². The van der Waals surface area contributed by atoms with E-state index in [0.29, 0.717) is 17.8 Å². The van der Waals surface area contributed by atoms with Crippen LogP contribution in [0.3, 0.4) is 0 Å². The lowest BCUT2D eigenvalue weighted by atomic mass is 9.95.